The third kappa shape index (κ3) is 4.95. The van der Waals surface area contributed by atoms with Crippen molar-refractivity contribution in [1.82, 2.24) is 10.2 Å². The zero-order valence-electron chi connectivity index (χ0n) is 15.7. The number of amides is 1. The van der Waals surface area contributed by atoms with Crippen molar-refractivity contribution in [1.29, 1.82) is 0 Å². The molecule has 1 N–H and O–H groups in total. The molecule has 1 aliphatic rings. The molecule has 0 aliphatic carbocycles. The second kappa shape index (κ2) is 7.74. The Labute approximate surface area is 151 Å². The van der Waals surface area contributed by atoms with Crippen LogP contribution in [0.3, 0.4) is 0 Å². The molecule has 1 amide bonds. The molecule has 1 atom stereocenters. The third-order valence-corrected chi connectivity index (χ3v) is 6.14. The largest absolute Gasteiger partial charge is 0.351 e. The Morgan fingerprint density at radius 2 is 1.84 bits per heavy atom. The Morgan fingerprint density at radius 3 is 2.36 bits per heavy atom. The van der Waals surface area contributed by atoms with Gasteiger partial charge < -0.3 is 10.2 Å². The summed E-state index contributed by atoms with van der Waals surface area (Å²) in [6.45, 7) is 7.42. The summed E-state index contributed by atoms with van der Waals surface area (Å²) < 4.78 is 25.9. The van der Waals surface area contributed by atoms with Crippen LogP contribution in [0.2, 0.25) is 0 Å². The highest BCUT2D eigenvalue weighted by Crippen LogP contribution is 2.24. The molecular weight excluding hydrogens is 338 g/mol. The molecule has 2 rings (SSSR count). The molecular formula is C18H29N3O3S. The van der Waals surface area contributed by atoms with Gasteiger partial charge in [0.15, 0.2) is 0 Å². The van der Waals surface area contributed by atoms with E-state index in [1.807, 2.05) is 26.0 Å². The smallest absolute Gasteiger partial charge is 0.243 e. The summed E-state index contributed by atoms with van der Waals surface area (Å²) >= 11 is 0. The van der Waals surface area contributed by atoms with Crippen LogP contribution in [0.15, 0.2) is 18.2 Å². The van der Waals surface area contributed by atoms with Gasteiger partial charge in [0.2, 0.25) is 15.9 Å². The topological polar surface area (TPSA) is 69.7 Å². The lowest BCUT2D eigenvalue weighted by atomic mass is 10.1. The molecule has 1 heterocycles. The second-order valence-electron chi connectivity index (χ2n) is 7.09. The van der Waals surface area contributed by atoms with Gasteiger partial charge in [0.05, 0.1) is 11.9 Å². The molecule has 1 unspecified atom stereocenters. The van der Waals surface area contributed by atoms with E-state index in [0.717, 1.165) is 43.3 Å². The second-order valence-corrected chi connectivity index (χ2v) is 8.95. The number of hydrogen-bond donors (Lipinski definition) is 1. The summed E-state index contributed by atoms with van der Waals surface area (Å²) in [5.74, 6) is -0.252. The fraction of sp³-hybridized carbons (Fsp3) is 0.611. The Balaban J connectivity index is 2.19. The number of carbonyl (C=O) groups is 1. The van der Waals surface area contributed by atoms with Gasteiger partial charge in [-0.25, -0.2) is 8.42 Å². The lowest BCUT2D eigenvalue weighted by Gasteiger charge is -2.33. The average Bonchev–Trinajstić information content (AvgIpc) is 2.51. The minimum atomic E-state index is -3.58. The molecule has 6 nitrogen and oxygen atoms in total. The monoisotopic (exact) mass is 367 g/mol. The van der Waals surface area contributed by atoms with Crippen molar-refractivity contribution in [2.45, 2.75) is 45.7 Å². The van der Waals surface area contributed by atoms with Crippen LogP contribution in [0.1, 0.15) is 30.9 Å². The molecule has 1 aromatic carbocycles. The quantitative estimate of drug-likeness (QED) is 0.859. The Hall–Kier alpha value is -1.60. The predicted molar refractivity (Wildman–Crippen MR) is 101 cm³/mol. The molecule has 0 aromatic heterocycles. The number of piperidine rings is 1. The first kappa shape index (κ1) is 19.7. The third-order valence-electron chi connectivity index (χ3n) is 4.90. The zero-order valence-corrected chi connectivity index (χ0v) is 16.6. The maximum atomic E-state index is 12.7. The summed E-state index contributed by atoms with van der Waals surface area (Å²) in [4.78, 5) is 14.9. The van der Waals surface area contributed by atoms with Crippen molar-refractivity contribution in [2.24, 2.45) is 0 Å². The number of nitrogens with one attached hydrogen (secondary N) is 1. The molecule has 0 bridgehead atoms. The van der Waals surface area contributed by atoms with E-state index >= 15 is 0 Å². The average molecular weight is 368 g/mol. The minimum absolute atomic E-state index is 0.104. The Kier molecular flexibility index (Phi) is 6.11. The van der Waals surface area contributed by atoms with Gasteiger partial charge in [-0.15, -0.1) is 0 Å². The van der Waals surface area contributed by atoms with Crippen LogP contribution in [-0.4, -0.2) is 57.7 Å². The van der Waals surface area contributed by atoms with Gasteiger partial charge in [-0.2, -0.15) is 0 Å². The summed E-state index contributed by atoms with van der Waals surface area (Å²) in [5, 5.41) is 3.02. The lowest BCUT2D eigenvalue weighted by Crippen LogP contribution is -2.52. The number of rotatable bonds is 5. The molecule has 7 heteroatoms. The minimum Gasteiger partial charge on any atom is -0.351 e. The number of anilines is 1. The fourth-order valence-electron chi connectivity index (χ4n) is 3.15. The van der Waals surface area contributed by atoms with Gasteiger partial charge in [-0.05, 0) is 77.0 Å². The highest BCUT2D eigenvalue weighted by atomic mass is 32.2. The summed E-state index contributed by atoms with van der Waals surface area (Å²) in [6.07, 6.45) is 2.91. The first-order chi connectivity index (χ1) is 11.6. The molecule has 140 valence electrons. The van der Waals surface area contributed by atoms with Crippen molar-refractivity contribution >= 4 is 21.6 Å². The van der Waals surface area contributed by atoms with Crippen LogP contribution in [0.5, 0.6) is 0 Å². The number of carbonyl (C=O) groups excluding carboxylic acids is 1. The van der Waals surface area contributed by atoms with E-state index < -0.39 is 16.1 Å². The van der Waals surface area contributed by atoms with Crippen molar-refractivity contribution in [2.75, 3.05) is 30.7 Å². The molecule has 0 spiro atoms. The van der Waals surface area contributed by atoms with Gasteiger partial charge in [-0.3, -0.25) is 9.10 Å². The van der Waals surface area contributed by atoms with Gasteiger partial charge in [-0.1, -0.05) is 6.07 Å². The fourth-order valence-corrected chi connectivity index (χ4v) is 4.31. The summed E-state index contributed by atoms with van der Waals surface area (Å²) in [6, 6.07) is 4.76. The van der Waals surface area contributed by atoms with E-state index in [0.29, 0.717) is 5.69 Å². The SMILES string of the molecule is Cc1ccc(N(C(C)C(=O)NC2CCN(C)CC2)S(C)(=O)=O)cc1C. The molecule has 0 radical (unpaired) electrons. The van der Waals surface area contributed by atoms with Crippen molar-refractivity contribution < 1.29 is 13.2 Å². The van der Waals surface area contributed by atoms with E-state index in [2.05, 4.69) is 17.3 Å². The first-order valence-electron chi connectivity index (χ1n) is 8.65. The molecule has 1 saturated heterocycles. The van der Waals surface area contributed by atoms with Crippen molar-refractivity contribution in [3.63, 3.8) is 0 Å². The molecule has 1 aromatic rings. The predicted octanol–water partition coefficient (Wildman–Crippen LogP) is 1.67. The van der Waals surface area contributed by atoms with Crippen LogP contribution < -0.4 is 9.62 Å². The van der Waals surface area contributed by atoms with Gasteiger partial charge in [0.1, 0.15) is 6.04 Å². The Morgan fingerprint density at radius 1 is 1.24 bits per heavy atom. The molecule has 25 heavy (non-hydrogen) atoms. The van der Waals surface area contributed by atoms with Crippen LogP contribution >= 0.6 is 0 Å². The normalized spacial score (nSPS) is 18.0. The first-order valence-corrected chi connectivity index (χ1v) is 10.5. The van der Waals surface area contributed by atoms with Gasteiger partial charge >= 0.3 is 0 Å². The maximum Gasteiger partial charge on any atom is 0.243 e. The van der Waals surface area contributed by atoms with Crippen LogP contribution in [0, 0.1) is 13.8 Å². The zero-order chi connectivity index (χ0) is 18.8. The van der Waals surface area contributed by atoms with Gasteiger partial charge in [0, 0.05) is 6.04 Å². The van der Waals surface area contributed by atoms with Crippen LogP contribution in [0.25, 0.3) is 0 Å². The van der Waals surface area contributed by atoms with E-state index in [1.54, 1.807) is 13.0 Å². The van der Waals surface area contributed by atoms with Crippen LogP contribution in [0.4, 0.5) is 5.69 Å². The van der Waals surface area contributed by atoms with E-state index in [4.69, 9.17) is 0 Å². The lowest BCUT2D eigenvalue weighted by molar-refractivity contribution is -0.122. The van der Waals surface area contributed by atoms with Crippen molar-refractivity contribution in [3.8, 4) is 0 Å². The Bertz CT molecular complexity index is 725. The molecule has 1 fully saturated rings. The number of hydrogen-bond acceptors (Lipinski definition) is 4. The molecule has 1 aliphatic heterocycles. The van der Waals surface area contributed by atoms with Crippen molar-refractivity contribution in [3.05, 3.63) is 29.3 Å². The number of benzene rings is 1. The summed E-state index contributed by atoms with van der Waals surface area (Å²) in [7, 11) is -1.52. The van der Waals surface area contributed by atoms with Crippen LogP contribution in [-0.2, 0) is 14.8 Å². The number of sulfonamides is 1. The molecule has 0 saturated carbocycles. The van der Waals surface area contributed by atoms with Gasteiger partial charge in [0.25, 0.3) is 0 Å². The highest BCUT2D eigenvalue weighted by Gasteiger charge is 2.31. The summed E-state index contributed by atoms with van der Waals surface area (Å²) in [5.41, 5.74) is 2.60. The highest BCUT2D eigenvalue weighted by molar-refractivity contribution is 7.92. The number of likely N-dealkylation sites (tertiary alicyclic amines) is 1. The standard InChI is InChI=1S/C18H29N3O3S/c1-13-6-7-17(12-14(13)2)21(25(5,23)24)15(3)18(22)19-16-8-10-20(4)11-9-16/h6-7,12,15-16H,8-11H2,1-5H3,(H,19,22). The van der Waals surface area contributed by atoms with E-state index in [1.165, 1.54) is 4.31 Å². The maximum absolute atomic E-state index is 12.7. The van der Waals surface area contributed by atoms with E-state index in [9.17, 15) is 13.2 Å². The van der Waals surface area contributed by atoms with E-state index in [-0.39, 0.29) is 11.9 Å². The number of aryl methyl sites for hydroxylation is 2. The number of nitrogens with zero attached hydrogens (tertiary/aromatic N) is 2.